The van der Waals surface area contributed by atoms with E-state index < -0.39 is 24.0 Å². The second-order valence-corrected chi connectivity index (χ2v) is 6.33. The van der Waals surface area contributed by atoms with Crippen LogP contribution in [0.5, 0.6) is 5.88 Å². The number of carbonyl (C=O) groups excluding carboxylic acids is 2. The quantitative estimate of drug-likeness (QED) is 0.362. The average molecular weight is 357 g/mol. The molecule has 2 aliphatic rings. The number of nitrogens with zero attached hydrogens (tertiary/aromatic N) is 2. The van der Waals surface area contributed by atoms with E-state index in [-0.39, 0.29) is 17.9 Å². The molecule has 2 heterocycles. The molecule has 1 aliphatic heterocycles. The lowest BCUT2D eigenvalue weighted by Gasteiger charge is -2.27. The Morgan fingerprint density at radius 2 is 2.15 bits per heavy atom. The number of hydrogen-bond acceptors (Lipinski definition) is 5. The van der Waals surface area contributed by atoms with Crippen molar-refractivity contribution in [3.8, 4) is 5.88 Å². The fourth-order valence-corrected chi connectivity index (χ4v) is 3.27. The maximum absolute atomic E-state index is 12.5. The summed E-state index contributed by atoms with van der Waals surface area (Å²) < 4.78 is 7.31. The number of ether oxygens (including phenoxy) is 1. The smallest absolute Gasteiger partial charge is 0.309 e. The van der Waals surface area contributed by atoms with Gasteiger partial charge in [0.25, 0.3) is 0 Å². The van der Waals surface area contributed by atoms with E-state index >= 15 is 0 Å². The molecule has 0 spiro atoms. The zero-order valence-electron chi connectivity index (χ0n) is 14.4. The first-order chi connectivity index (χ1) is 12.2. The molecule has 136 valence electrons. The summed E-state index contributed by atoms with van der Waals surface area (Å²) in [7, 11) is 0. The van der Waals surface area contributed by atoms with Crippen LogP contribution in [0.4, 0.5) is 0 Å². The van der Waals surface area contributed by atoms with Crippen LogP contribution in [0.15, 0.2) is 41.6 Å². The maximum atomic E-state index is 12.5. The van der Waals surface area contributed by atoms with Crippen molar-refractivity contribution in [3.05, 3.63) is 58.1 Å². The van der Waals surface area contributed by atoms with Crippen LogP contribution in [0.2, 0.25) is 0 Å². The van der Waals surface area contributed by atoms with E-state index in [9.17, 15) is 19.9 Å². The lowest BCUT2D eigenvalue weighted by atomic mass is 9.86. The van der Waals surface area contributed by atoms with Gasteiger partial charge in [0.2, 0.25) is 23.7 Å². The van der Waals surface area contributed by atoms with Crippen LogP contribution in [-0.4, -0.2) is 32.5 Å². The molecule has 2 atom stereocenters. The molecule has 8 nitrogen and oxygen atoms in total. The largest absolute Gasteiger partial charge is 0.618 e. The predicted molar refractivity (Wildman–Crippen MR) is 93.1 cm³/mol. The van der Waals surface area contributed by atoms with E-state index in [1.807, 2.05) is 0 Å². The standard InChI is InChI=1S/C18H19N3O5/c1-9-6-13-8-20(25)15-5-4-12(10(2)16(19)23)7-14(15)17(24)21(13)18(9)26-11(3)22/h4-6,8,14,17,24H,2,7H2,1,3H3,(H2,19,23). The molecule has 3 rings (SSSR count). The first kappa shape index (κ1) is 17.7. The highest BCUT2D eigenvalue weighted by Crippen LogP contribution is 2.40. The number of nitrogens with two attached hydrogens (primary N) is 1. The van der Waals surface area contributed by atoms with Gasteiger partial charge in [0.15, 0.2) is 0 Å². The van der Waals surface area contributed by atoms with Crippen molar-refractivity contribution in [2.24, 2.45) is 11.7 Å². The zero-order chi connectivity index (χ0) is 19.2. The van der Waals surface area contributed by atoms with Crippen molar-refractivity contribution in [2.75, 3.05) is 0 Å². The number of primary amides is 1. The number of aliphatic hydroxyl groups is 1. The average Bonchev–Trinajstić information content (AvgIpc) is 2.82. The van der Waals surface area contributed by atoms with Gasteiger partial charge in [0.1, 0.15) is 11.9 Å². The van der Waals surface area contributed by atoms with Crippen molar-refractivity contribution in [1.29, 1.82) is 0 Å². The molecule has 1 aliphatic carbocycles. The summed E-state index contributed by atoms with van der Waals surface area (Å²) in [6.07, 6.45) is 3.46. The van der Waals surface area contributed by atoms with Gasteiger partial charge in [-0.15, -0.1) is 0 Å². The monoisotopic (exact) mass is 357 g/mol. The minimum absolute atomic E-state index is 0.127. The van der Waals surface area contributed by atoms with Crippen LogP contribution in [0.3, 0.4) is 0 Å². The molecule has 0 saturated heterocycles. The van der Waals surface area contributed by atoms with Gasteiger partial charge in [-0.05, 0) is 25.0 Å². The third-order valence-corrected chi connectivity index (χ3v) is 4.53. The molecular formula is C18H19N3O5. The van der Waals surface area contributed by atoms with Gasteiger partial charge < -0.3 is 20.8 Å². The number of esters is 1. The first-order valence-electron chi connectivity index (χ1n) is 8.00. The number of fused-ring (bicyclic) bond motifs is 2. The van der Waals surface area contributed by atoms with E-state index in [1.165, 1.54) is 23.8 Å². The number of aryl methyl sites for hydroxylation is 1. The molecule has 8 heteroatoms. The molecule has 3 N–H and O–H groups in total. The van der Waals surface area contributed by atoms with Gasteiger partial charge in [-0.1, -0.05) is 12.7 Å². The van der Waals surface area contributed by atoms with E-state index in [0.29, 0.717) is 27.3 Å². The summed E-state index contributed by atoms with van der Waals surface area (Å²) in [6.45, 7) is 6.63. The van der Waals surface area contributed by atoms with E-state index in [2.05, 4.69) is 6.58 Å². The second kappa shape index (κ2) is 6.30. The lowest BCUT2D eigenvalue weighted by Crippen LogP contribution is -2.27. The number of hydrogen-bond donors (Lipinski definition) is 2. The van der Waals surface area contributed by atoms with Crippen molar-refractivity contribution in [1.82, 2.24) is 4.57 Å². The summed E-state index contributed by atoms with van der Waals surface area (Å²) >= 11 is 0. The number of allylic oxidation sites excluding steroid dienone is 2. The Kier molecular flexibility index (Phi) is 4.29. The summed E-state index contributed by atoms with van der Waals surface area (Å²) in [5.74, 6) is -1.69. The molecule has 2 unspecified atom stereocenters. The molecule has 0 radical (unpaired) electrons. The van der Waals surface area contributed by atoms with Crippen LogP contribution >= 0.6 is 0 Å². The summed E-state index contributed by atoms with van der Waals surface area (Å²) in [6, 6.07) is 1.65. The third kappa shape index (κ3) is 2.84. The highest BCUT2D eigenvalue weighted by Gasteiger charge is 2.39. The van der Waals surface area contributed by atoms with Crippen molar-refractivity contribution in [3.63, 3.8) is 0 Å². The highest BCUT2D eigenvalue weighted by atomic mass is 16.5. The fraction of sp³-hybridized carbons (Fsp3) is 0.278. The number of aromatic nitrogens is 1. The Morgan fingerprint density at radius 3 is 2.77 bits per heavy atom. The Hall–Kier alpha value is -3.13. The molecular weight excluding hydrogens is 338 g/mol. The van der Waals surface area contributed by atoms with E-state index in [0.717, 1.165) is 0 Å². The molecule has 1 aromatic rings. The molecule has 0 saturated carbocycles. The molecule has 26 heavy (non-hydrogen) atoms. The van der Waals surface area contributed by atoms with Gasteiger partial charge in [-0.25, -0.2) is 0 Å². The van der Waals surface area contributed by atoms with Crippen molar-refractivity contribution in [2.45, 2.75) is 26.5 Å². The van der Waals surface area contributed by atoms with Gasteiger partial charge >= 0.3 is 5.97 Å². The normalized spacial score (nSPS) is 21.4. The van der Waals surface area contributed by atoms with Crippen LogP contribution < -0.4 is 10.5 Å². The minimum Gasteiger partial charge on any atom is -0.618 e. The van der Waals surface area contributed by atoms with Crippen LogP contribution in [0.25, 0.3) is 0 Å². The maximum Gasteiger partial charge on any atom is 0.309 e. The molecule has 0 aromatic carbocycles. The first-order valence-corrected chi connectivity index (χ1v) is 8.00. The Balaban J connectivity index is 2.10. The molecule has 1 amide bonds. The number of aliphatic hydroxyl groups excluding tert-OH is 1. The number of amides is 1. The van der Waals surface area contributed by atoms with E-state index in [1.54, 1.807) is 19.1 Å². The van der Waals surface area contributed by atoms with Crippen molar-refractivity contribution >= 4 is 18.1 Å². The Morgan fingerprint density at radius 1 is 1.46 bits per heavy atom. The summed E-state index contributed by atoms with van der Waals surface area (Å²) in [5.41, 5.74) is 7.30. The lowest BCUT2D eigenvalue weighted by molar-refractivity contribution is -0.407. The van der Waals surface area contributed by atoms with Gasteiger partial charge in [-0.2, -0.15) is 4.74 Å². The van der Waals surface area contributed by atoms with E-state index in [4.69, 9.17) is 10.5 Å². The SMILES string of the molecule is C=C(C(N)=O)C1=CC=C2C(C1)C(O)n1c(cc(C)c1OC(C)=O)C=[N+]2[O-]. The Bertz CT molecular complexity index is 920. The third-order valence-electron chi connectivity index (χ3n) is 4.53. The number of hydroxylamine groups is 1. The number of carbonyl (C=O) groups is 2. The highest BCUT2D eigenvalue weighted by molar-refractivity contribution is 5.96. The molecule has 0 bridgehead atoms. The van der Waals surface area contributed by atoms with Crippen molar-refractivity contribution < 1.29 is 24.2 Å². The topological polar surface area (TPSA) is 121 Å². The molecule has 1 aromatic heterocycles. The summed E-state index contributed by atoms with van der Waals surface area (Å²) in [4.78, 5) is 22.8. The second-order valence-electron chi connectivity index (χ2n) is 6.33. The number of rotatable bonds is 3. The minimum atomic E-state index is -1.18. The van der Waals surface area contributed by atoms with Crippen LogP contribution in [0.1, 0.15) is 30.8 Å². The predicted octanol–water partition coefficient (Wildman–Crippen LogP) is 1.03. The molecule has 0 fully saturated rings. The van der Waals surface area contributed by atoms with Gasteiger partial charge in [-0.3, -0.25) is 14.2 Å². The van der Waals surface area contributed by atoms with Gasteiger partial charge in [0, 0.05) is 24.1 Å². The van der Waals surface area contributed by atoms with Gasteiger partial charge in [0.05, 0.1) is 5.92 Å². The fourth-order valence-electron chi connectivity index (χ4n) is 3.27. The van der Waals surface area contributed by atoms with Crippen LogP contribution in [-0.2, 0) is 9.59 Å². The van der Waals surface area contributed by atoms with Crippen LogP contribution in [0, 0.1) is 18.0 Å². The Labute approximate surface area is 149 Å². The zero-order valence-corrected chi connectivity index (χ0v) is 14.4. The summed E-state index contributed by atoms with van der Waals surface area (Å²) in [5, 5.41) is 23.5.